The number of halogens is 4. The van der Waals surface area contributed by atoms with Gasteiger partial charge < -0.3 is 31.5 Å². The van der Waals surface area contributed by atoms with Gasteiger partial charge in [-0.25, -0.2) is 0 Å². The molecule has 1 aromatic heterocycles. The number of amides is 1. The Labute approximate surface area is 231 Å². The Morgan fingerprint density at radius 2 is 1.70 bits per heavy atom. The first-order valence-corrected chi connectivity index (χ1v) is 12.4. The van der Waals surface area contributed by atoms with Crippen LogP contribution in [0.15, 0.2) is 48.5 Å². The summed E-state index contributed by atoms with van der Waals surface area (Å²) in [6, 6.07) is 11.6. The highest BCUT2D eigenvalue weighted by Gasteiger charge is 2.45. The van der Waals surface area contributed by atoms with Gasteiger partial charge in [0.1, 0.15) is 6.04 Å². The monoisotopic (exact) mass is 579 g/mol. The van der Waals surface area contributed by atoms with Crippen LogP contribution in [0.5, 0.6) is 6.01 Å². The third-order valence-electron chi connectivity index (χ3n) is 5.94. The number of carboxylic acids is 1. The van der Waals surface area contributed by atoms with Crippen molar-refractivity contribution in [2.75, 3.05) is 23.8 Å². The maximum absolute atomic E-state index is 12.8. The van der Waals surface area contributed by atoms with E-state index in [9.17, 15) is 22.8 Å². The van der Waals surface area contributed by atoms with E-state index < -0.39 is 42.3 Å². The lowest BCUT2D eigenvalue weighted by molar-refractivity contribution is -0.154. The van der Waals surface area contributed by atoms with Crippen LogP contribution >= 0.6 is 11.6 Å². The molecule has 1 saturated carbocycles. The summed E-state index contributed by atoms with van der Waals surface area (Å²) >= 11 is 5.99. The summed E-state index contributed by atoms with van der Waals surface area (Å²) in [7, 11) is 0. The molecule has 15 heteroatoms. The van der Waals surface area contributed by atoms with E-state index >= 15 is 0 Å². The van der Waals surface area contributed by atoms with Gasteiger partial charge in [0.15, 0.2) is 6.61 Å². The Balaban J connectivity index is 1.47. The Morgan fingerprint density at radius 1 is 1.05 bits per heavy atom. The summed E-state index contributed by atoms with van der Waals surface area (Å²) in [6.07, 6.45) is -3.04. The lowest BCUT2D eigenvalue weighted by atomic mass is 10.1. The number of carboxylic acid groups (broad SMARTS) is 1. The highest BCUT2D eigenvalue weighted by molar-refractivity contribution is 6.30. The molecule has 0 saturated heterocycles. The number of nitrogens with two attached hydrogens (primary N) is 1. The van der Waals surface area contributed by atoms with Crippen molar-refractivity contribution < 1.29 is 32.6 Å². The minimum Gasteiger partial charge on any atom is -0.480 e. The summed E-state index contributed by atoms with van der Waals surface area (Å²) in [5.41, 5.74) is 6.56. The molecule has 1 fully saturated rings. The number of nitrogens with one attached hydrogen (secondary N) is 3. The van der Waals surface area contributed by atoms with Crippen LogP contribution in [0, 0.1) is 0 Å². The predicted octanol–water partition coefficient (Wildman–Crippen LogP) is 3.84. The Kier molecular flexibility index (Phi) is 8.59. The van der Waals surface area contributed by atoms with E-state index in [1.54, 1.807) is 24.3 Å². The molecule has 0 radical (unpaired) electrons. The predicted molar refractivity (Wildman–Crippen MR) is 140 cm³/mol. The van der Waals surface area contributed by atoms with Gasteiger partial charge in [-0.3, -0.25) is 9.59 Å². The molecule has 0 spiro atoms. The van der Waals surface area contributed by atoms with E-state index in [1.807, 2.05) is 12.1 Å². The van der Waals surface area contributed by atoms with Crippen LogP contribution < -0.4 is 26.4 Å². The third-order valence-corrected chi connectivity index (χ3v) is 6.19. The van der Waals surface area contributed by atoms with Crippen LogP contribution in [0.25, 0.3) is 0 Å². The Hall–Kier alpha value is -4.17. The fourth-order valence-corrected chi connectivity index (χ4v) is 3.80. The molecular weight excluding hydrogens is 555 g/mol. The number of anilines is 3. The topological polar surface area (TPSA) is 164 Å². The normalized spacial score (nSPS) is 14.6. The lowest BCUT2D eigenvalue weighted by Gasteiger charge is -2.19. The molecule has 1 aliphatic rings. The van der Waals surface area contributed by atoms with E-state index in [0.717, 1.165) is 18.4 Å². The number of hydrogen-bond donors (Lipinski definition) is 5. The number of aliphatic carboxylic acids is 1. The van der Waals surface area contributed by atoms with Gasteiger partial charge in [0.2, 0.25) is 11.9 Å². The molecule has 2 aromatic carbocycles. The number of rotatable bonds is 12. The quantitative estimate of drug-likeness (QED) is 0.213. The average Bonchev–Trinajstić information content (AvgIpc) is 3.68. The van der Waals surface area contributed by atoms with Crippen molar-refractivity contribution in [2.24, 2.45) is 5.73 Å². The van der Waals surface area contributed by atoms with Crippen molar-refractivity contribution in [3.63, 3.8) is 0 Å². The fourth-order valence-electron chi connectivity index (χ4n) is 3.67. The van der Waals surface area contributed by atoms with E-state index in [-0.39, 0.29) is 24.9 Å². The summed E-state index contributed by atoms with van der Waals surface area (Å²) in [6.45, 7) is -1.51. The van der Waals surface area contributed by atoms with Gasteiger partial charge in [0, 0.05) is 22.8 Å². The third kappa shape index (κ3) is 7.93. The van der Waals surface area contributed by atoms with Crippen molar-refractivity contribution in [3.8, 4) is 6.01 Å². The van der Waals surface area contributed by atoms with Crippen molar-refractivity contribution in [2.45, 2.75) is 37.0 Å². The first-order valence-electron chi connectivity index (χ1n) is 12.1. The van der Waals surface area contributed by atoms with Crippen molar-refractivity contribution in [3.05, 3.63) is 64.7 Å². The highest BCUT2D eigenvalue weighted by Crippen LogP contribution is 2.48. The molecule has 1 unspecified atom stereocenters. The first-order chi connectivity index (χ1) is 18.9. The van der Waals surface area contributed by atoms with Gasteiger partial charge in [-0.2, -0.15) is 28.1 Å². The molecule has 1 atom stereocenters. The van der Waals surface area contributed by atoms with Gasteiger partial charge >= 0.3 is 18.2 Å². The fraction of sp³-hybridized carbons (Fsp3) is 0.320. The lowest BCUT2D eigenvalue weighted by Crippen LogP contribution is -2.35. The van der Waals surface area contributed by atoms with Crippen molar-refractivity contribution >= 4 is 41.1 Å². The average molecular weight is 580 g/mol. The molecule has 1 aliphatic carbocycles. The van der Waals surface area contributed by atoms with E-state index in [0.29, 0.717) is 16.3 Å². The zero-order valence-corrected chi connectivity index (χ0v) is 21.6. The molecule has 1 amide bonds. The molecule has 0 aliphatic heterocycles. The Bertz CT molecular complexity index is 1350. The second kappa shape index (κ2) is 11.9. The van der Waals surface area contributed by atoms with Crippen LogP contribution in [-0.2, 0) is 10.3 Å². The van der Waals surface area contributed by atoms with Gasteiger partial charge in [0.25, 0.3) is 5.91 Å². The standard InChI is InChI=1S/C25H25ClF3N7O4/c26-16-5-3-15(4-6-16)24(10-11-24)36-22-33-21(34-23(35-22)40-13-25(27,28)29)32-17-7-1-14(2-8-17)19(37)31-12-9-18(30)20(38)39/h1-8,18H,9-13,30H2,(H,31,37)(H,38,39)(H2,32,33,34,35,36). The number of alkyl halides is 3. The summed E-state index contributed by atoms with van der Waals surface area (Å²) in [5.74, 6) is -1.67. The molecule has 4 rings (SSSR count). The zero-order valence-electron chi connectivity index (χ0n) is 20.8. The van der Waals surface area contributed by atoms with E-state index in [2.05, 4.69) is 30.9 Å². The number of benzene rings is 2. The maximum Gasteiger partial charge on any atom is 0.422 e. The van der Waals surface area contributed by atoms with Gasteiger partial charge in [-0.1, -0.05) is 23.7 Å². The molecule has 0 bridgehead atoms. The number of nitrogens with zero attached hydrogens (tertiary/aromatic N) is 3. The molecule has 212 valence electrons. The van der Waals surface area contributed by atoms with Crippen LogP contribution in [-0.4, -0.2) is 57.3 Å². The first kappa shape index (κ1) is 28.8. The smallest absolute Gasteiger partial charge is 0.422 e. The van der Waals surface area contributed by atoms with Crippen LogP contribution in [0.4, 0.5) is 30.8 Å². The summed E-state index contributed by atoms with van der Waals surface area (Å²) in [5, 5.41) is 18.0. The highest BCUT2D eigenvalue weighted by atomic mass is 35.5. The van der Waals surface area contributed by atoms with Crippen molar-refractivity contribution in [1.82, 2.24) is 20.3 Å². The molecule has 1 heterocycles. The number of hydrogen-bond acceptors (Lipinski definition) is 9. The van der Waals surface area contributed by atoms with Crippen LogP contribution in [0.3, 0.4) is 0 Å². The SMILES string of the molecule is NC(CCNC(=O)c1ccc(Nc2nc(NC3(c4ccc(Cl)cc4)CC3)nc(OCC(F)(F)F)n2)cc1)C(=O)O. The Morgan fingerprint density at radius 3 is 2.30 bits per heavy atom. The summed E-state index contributed by atoms with van der Waals surface area (Å²) in [4.78, 5) is 35.3. The maximum atomic E-state index is 12.8. The van der Waals surface area contributed by atoms with E-state index in [4.69, 9.17) is 27.2 Å². The van der Waals surface area contributed by atoms with Crippen LogP contribution in [0.2, 0.25) is 5.02 Å². The second-order valence-corrected chi connectivity index (χ2v) is 9.51. The van der Waals surface area contributed by atoms with Gasteiger partial charge in [-0.05, 0) is 61.2 Å². The molecule has 3 aromatic rings. The molecule has 11 nitrogen and oxygen atoms in total. The van der Waals surface area contributed by atoms with Crippen LogP contribution in [0.1, 0.15) is 35.2 Å². The second-order valence-electron chi connectivity index (χ2n) is 9.07. The number of aromatic nitrogens is 3. The zero-order chi connectivity index (χ0) is 28.9. The minimum absolute atomic E-state index is 0.0118. The van der Waals surface area contributed by atoms with Gasteiger partial charge in [0.05, 0.1) is 5.54 Å². The minimum atomic E-state index is -4.59. The van der Waals surface area contributed by atoms with E-state index in [1.165, 1.54) is 12.1 Å². The number of ether oxygens (including phenoxy) is 1. The van der Waals surface area contributed by atoms with Gasteiger partial charge in [-0.15, -0.1) is 0 Å². The summed E-state index contributed by atoms with van der Waals surface area (Å²) < 4.78 is 43.1. The molecular formula is C25H25ClF3N7O4. The number of carbonyl (C=O) groups is 2. The number of carbonyl (C=O) groups excluding carboxylic acids is 1. The largest absolute Gasteiger partial charge is 0.480 e. The molecule has 6 N–H and O–H groups in total. The van der Waals surface area contributed by atoms with Crippen molar-refractivity contribution in [1.29, 1.82) is 0 Å². The molecule has 40 heavy (non-hydrogen) atoms.